The SMILES string of the molecule is CC/C=C\C/C=C\C/C=C\C/C=C\C/C=C\C/C=C\C/C=C\CCCCCCCCCCCCCC(=O)NC(COC1OC(CO)C(OC2OC(CO)C(OC3OC(CO)C(O)C(O)C3O)C(O)C2O)C(O)C1O)C(O)/C=C/CC/C=C/CC/C=C/CCCCCCCCCCCC. The molecule has 0 aromatic rings. The number of aliphatic hydroxyl groups is 11. The summed E-state index contributed by atoms with van der Waals surface area (Å²) >= 11 is 0. The van der Waals surface area contributed by atoms with Crippen molar-refractivity contribution in [2.75, 3.05) is 26.4 Å². The smallest absolute Gasteiger partial charge is 0.220 e. The second-order valence-electron chi connectivity index (χ2n) is 26.4. The molecule has 17 atom stereocenters. The standard InChI is InChI=1S/C79H133NO18/c1-3-5-7-9-11-13-15-17-19-21-23-25-26-27-28-29-30-31-32-33-34-35-36-37-39-41-43-45-47-49-51-53-55-57-67(85)80-62(63(84)56-54-52-50-48-46-44-42-40-38-24-22-20-18-16-14-12-10-8-6-4-2)61-93-77-73(91)70(88)75(65(59-82)95-77)98-79-74(92)71(89)76(66(60-83)96-79)97-78-72(90)69(87)68(86)64(58-81)94-78/h5,7,11,13,17,19,23,25,27-28,30-31,33-34,38,40,46,48,54,56,62-66,68-79,81-84,86-92H,3-4,6,8-10,12,14-16,18,20-22,24,26,29,32,35-37,39,41-45,47,49-53,55,57-61H2,1-2H3,(H,80,85)/b7-5-,13-11-,19-17-,25-23-,28-27-,31-30-,34-33-,40-38+,48-46+,56-54+. The normalized spacial score (nSPS) is 27.5. The molecule has 19 heteroatoms. The Morgan fingerprint density at radius 1 is 0.378 bits per heavy atom. The van der Waals surface area contributed by atoms with E-state index in [1.54, 1.807) is 6.08 Å². The van der Waals surface area contributed by atoms with Crippen LogP contribution >= 0.6 is 0 Å². The molecule has 12 N–H and O–H groups in total. The summed E-state index contributed by atoms with van der Waals surface area (Å²) in [7, 11) is 0. The first-order chi connectivity index (χ1) is 47.8. The number of aliphatic hydroxyl groups excluding tert-OH is 11. The first-order valence-corrected chi connectivity index (χ1v) is 37.8. The molecule has 3 aliphatic heterocycles. The molecule has 3 rings (SSSR count). The van der Waals surface area contributed by atoms with Crippen molar-refractivity contribution < 1.29 is 89.4 Å². The third kappa shape index (κ3) is 39.0. The minimum atomic E-state index is -1.99. The lowest BCUT2D eigenvalue weighted by atomic mass is 9.96. The number of amides is 1. The van der Waals surface area contributed by atoms with Crippen LogP contribution in [0.25, 0.3) is 0 Å². The fourth-order valence-electron chi connectivity index (χ4n) is 11.9. The Kier molecular flexibility index (Phi) is 52.9. The first-order valence-electron chi connectivity index (χ1n) is 37.8. The number of rotatable bonds is 57. The molecule has 0 aromatic heterocycles. The average Bonchev–Trinajstić information content (AvgIpc) is 0.782. The van der Waals surface area contributed by atoms with Gasteiger partial charge in [-0.3, -0.25) is 4.79 Å². The molecule has 0 aliphatic carbocycles. The summed E-state index contributed by atoms with van der Waals surface area (Å²) in [6, 6.07) is -1.01. The van der Waals surface area contributed by atoms with Crippen LogP contribution in [-0.2, 0) is 33.2 Å². The summed E-state index contributed by atoms with van der Waals surface area (Å²) < 4.78 is 34.4. The van der Waals surface area contributed by atoms with E-state index in [-0.39, 0.29) is 18.9 Å². The third-order valence-corrected chi connectivity index (χ3v) is 18.0. The van der Waals surface area contributed by atoms with Crippen LogP contribution in [0.5, 0.6) is 0 Å². The molecule has 3 heterocycles. The Hall–Kier alpha value is -3.81. The molecule has 0 aromatic carbocycles. The van der Waals surface area contributed by atoms with E-state index in [2.05, 4.69) is 129 Å². The van der Waals surface area contributed by atoms with E-state index in [4.69, 9.17) is 28.4 Å². The van der Waals surface area contributed by atoms with Crippen LogP contribution in [0.2, 0.25) is 0 Å². The van der Waals surface area contributed by atoms with Crippen molar-refractivity contribution >= 4 is 5.91 Å². The van der Waals surface area contributed by atoms with Crippen molar-refractivity contribution in [1.82, 2.24) is 5.32 Å². The number of nitrogens with one attached hydrogen (secondary N) is 1. The summed E-state index contributed by atoms with van der Waals surface area (Å²) in [5.41, 5.74) is 0. The Morgan fingerprint density at radius 2 is 0.714 bits per heavy atom. The summed E-state index contributed by atoms with van der Waals surface area (Å²) in [5.74, 6) is -0.297. The van der Waals surface area contributed by atoms with Gasteiger partial charge in [0, 0.05) is 6.42 Å². The van der Waals surface area contributed by atoms with Gasteiger partial charge in [0.25, 0.3) is 0 Å². The summed E-state index contributed by atoms with van der Waals surface area (Å²) in [6.45, 7) is 1.59. The minimum absolute atomic E-state index is 0.221. The largest absolute Gasteiger partial charge is 0.394 e. The quantitative estimate of drug-likeness (QED) is 0.0199. The van der Waals surface area contributed by atoms with E-state index in [0.717, 1.165) is 103 Å². The fourth-order valence-corrected chi connectivity index (χ4v) is 11.9. The van der Waals surface area contributed by atoms with E-state index >= 15 is 0 Å². The van der Waals surface area contributed by atoms with Crippen LogP contribution in [0.3, 0.4) is 0 Å². The van der Waals surface area contributed by atoms with Gasteiger partial charge in [-0.1, -0.05) is 251 Å². The molecule has 1 amide bonds. The number of carbonyl (C=O) groups is 1. The minimum Gasteiger partial charge on any atom is -0.394 e. The highest BCUT2D eigenvalue weighted by molar-refractivity contribution is 5.76. The maximum Gasteiger partial charge on any atom is 0.220 e. The Labute approximate surface area is 588 Å². The van der Waals surface area contributed by atoms with Crippen LogP contribution in [0.15, 0.2) is 122 Å². The molecular formula is C79H133NO18. The van der Waals surface area contributed by atoms with Crippen molar-refractivity contribution in [2.24, 2.45) is 0 Å². The van der Waals surface area contributed by atoms with Gasteiger partial charge in [-0.15, -0.1) is 0 Å². The molecule has 3 aliphatic rings. The number of ether oxygens (including phenoxy) is 6. The first kappa shape index (κ1) is 88.4. The highest BCUT2D eigenvalue weighted by Crippen LogP contribution is 2.33. The fraction of sp³-hybridized carbons (Fsp3) is 0.734. The summed E-state index contributed by atoms with van der Waals surface area (Å²) in [6.07, 6.45) is 54.6. The lowest BCUT2D eigenvalue weighted by Crippen LogP contribution is -2.66. The van der Waals surface area contributed by atoms with Crippen LogP contribution in [0.1, 0.15) is 239 Å². The van der Waals surface area contributed by atoms with Crippen LogP contribution in [0, 0.1) is 0 Å². The second kappa shape index (κ2) is 58.7. The van der Waals surface area contributed by atoms with Crippen LogP contribution < -0.4 is 5.32 Å². The Balaban J connectivity index is 1.40. The highest BCUT2D eigenvalue weighted by Gasteiger charge is 2.53. The van der Waals surface area contributed by atoms with E-state index in [1.165, 1.54) is 103 Å². The van der Waals surface area contributed by atoms with E-state index < -0.39 is 124 Å². The zero-order valence-corrected chi connectivity index (χ0v) is 59.7. The third-order valence-electron chi connectivity index (χ3n) is 18.0. The van der Waals surface area contributed by atoms with Crippen molar-refractivity contribution in [3.63, 3.8) is 0 Å². The number of hydrogen-bond donors (Lipinski definition) is 12. The van der Waals surface area contributed by atoms with Crippen LogP contribution in [0.4, 0.5) is 0 Å². The lowest BCUT2D eigenvalue weighted by molar-refractivity contribution is -0.379. The van der Waals surface area contributed by atoms with Crippen molar-refractivity contribution in [2.45, 2.75) is 343 Å². The van der Waals surface area contributed by atoms with Gasteiger partial charge in [0.2, 0.25) is 5.91 Å². The molecule has 0 bridgehead atoms. The summed E-state index contributed by atoms with van der Waals surface area (Å²) in [5, 5.41) is 121. The molecule has 0 radical (unpaired) electrons. The van der Waals surface area contributed by atoms with Gasteiger partial charge in [-0.2, -0.15) is 0 Å². The molecule has 98 heavy (non-hydrogen) atoms. The van der Waals surface area contributed by atoms with Crippen molar-refractivity contribution in [3.05, 3.63) is 122 Å². The molecule has 0 saturated carbocycles. The number of unbranched alkanes of at least 4 members (excludes halogenated alkanes) is 23. The molecule has 3 fully saturated rings. The number of carbonyl (C=O) groups excluding carboxylic acids is 1. The van der Waals surface area contributed by atoms with E-state index in [0.29, 0.717) is 12.8 Å². The average molecular weight is 1380 g/mol. The van der Waals surface area contributed by atoms with Crippen molar-refractivity contribution in [1.29, 1.82) is 0 Å². The predicted octanol–water partition coefficient (Wildman–Crippen LogP) is 11.6. The zero-order chi connectivity index (χ0) is 71.1. The monoisotopic (exact) mass is 1380 g/mol. The van der Waals surface area contributed by atoms with Gasteiger partial charge in [-0.25, -0.2) is 0 Å². The molecule has 3 saturated heterocycles. The maximum absolute atomic E-state index is 13.4. The predicted molar refractivity (Wildman–Crippen MR) is 387 cm³/mol. The second-order valence-corrected chi connectivity index (χ2v) is 26.4. The molecule has 562 valence electrons. The zero-order valence-electron chi connectivity index (χ0n) is 59.7. The number of allylic oxidation sites excluding steroid dienone is 19. The van der Waals surface area contributed by atoms with Gasteiger partial charge in [-0.05, 0) is 103 Å². The summed E-state index contributed by atoms with van der Waals surface area (Å²) in [4.78, 5) is 13.4. The lowest BCUT2D eigenvalue weighted by Gasteiger charge is -2.48. The molecule has 17 unspecified atom stereocenters. The van der Waals surface area contributed by atoms with Gasteiger partial charge in [0.05, 0.1) is 38.6 Å². The van der Waals surface area contributed by atoms with Crippen molar-refractivity contribution in [3.8, 4) is 0 Å². The van der Waals surface area contributed by atoms with Gasteiger partial charge >= 0.3 is 0 Å². The topological polar surface area (TPSA) is 307 Å². The van der Waals surface area contributed by atoms with Gasteiger partial charge in [0.1, 0.15) is 73.2 Å². The Morgan fingerprint density at radius 3 is 1.14 bits per heavy atom. The van der Waals surface area contributed by atoms with E-state index in [1.807, 2.05) is 6.08 Å². The molecule has 0 spiro atoms. The van der Waals surface area contributed by atoms with Crippen LogP contribution in [-0.4, -0.2) is 193 Å². The molecular weight excluding hydrogens is 1250 g/mol. The van der Waals surface area contributed by atoms with Gasteiger partial charge < -0.3 is 89.9 Å². The molecule has 19 nitrogen and oxygen atoms in total. The highest BCUT2D eigenvalue weighted by atomic mass is 16.8. The number of hydrogen-bond acceptors (Lipinski definition) is 18. The maximum atomic E-state index is 13.4. The van der Waals surface area contributed by atoms with Gasteiger partial charge in [0.15, 0.2) is 18.9 Å². The van der Waals surface area contributed by atoms with E-state index in [9.17, 15) is 61.0 Å². The Bertz CT molecular complexity index is 2250.